The molecule has 3 N–H and O–H groups in total. The molecule has 0 atom stereocenters. The minimum Gasteiger partial charge on any atom is -0.491 e. The van der Waals surface area contributed by atoms with Gasteiger partial charge in [-0.15, -0.1) is 0 Å². The number of rotatable bonds is 5. The molecule has 1 heterocycles. The van der Waals surface area contributed by atoms with Crippen molar-refractivity contribution in [2.45, 2.75) is 24.8 Å². The van der Waals surface area contributed by atoms with Gasteiger partial charge in [0.15, 0.2) is 0 Å². The monoisotopic (exact) mass is 402 g/mol. The van der Waals surface area contributed by atoms with Crippen molar-refractivity contribution in [3.63, 3.8) is 0 Å². The molecule has 3 aromatic rings. The first-order valence-electron chi connectivity index (χ1n) is 8.32. The quantitative estimate of drug-likeness (QED) is 0.631. The van der Waals surface area contributed by atoms with Gasteiger partial charge < -0.3 is 14.5 Å². The number of hydrogen-bond acceptors (Lipinski definition) is 6. The summed E-state index contributed by atoms with van der Waals surface area (Å²) in [7, 11) is -3.83. The zero-order valence-corrected chi connectivity index (χ0v) is 15.9. The lowest BCUT2D eigenvalue weighted by molar-refractivity contribution is 0.102. The molecular formula is C19H18N2O6S. The van der Waals surface area contributed by atoms with Crippen LogP contribution in [0, 0.1) is 0 Å². The normalized spacial score (nSPS) is 11.6. The van der Waals surface area contributed by atoms with Crippen molar-refractivity contribution >= 4 is 32.6 Å². The Balaban J connectivity index is 1.94. The number of sulfonamides is 1. The van der Waals surface area contributed by atoms with Crippen molar-refractivity contribution in [1.29, 1.82) is 0 Å². The maximum absolute atomic E-state index is 12.7. The summed E-state index contributed by atoms with van der Waals surface area (Å²) >= 11 is 0. The van der Waals surface area contributed by atoms with Crippen molar-refractivity contribution < 1.29 is 22.4 Å². The maximum atomic E-state index is 12.7. The summed E-state index contributed by atoms with van der Waals surface area (Å²) < 4.78 is 33.4. The van der Waals surface area contributed by atoms with Gasteiger partial charge in [0.05, 0.1) is 16.6 Å². The number of ether oxygens (including phenoxy) is 1. The van der Waals surface area contributed by atoms with Crippen molar-refractivity contribution in [2.75, 3.05) is 5.32 Å². The predicted octanol–water partition coefficient (Wildman–Crippen LogP) is 2.48. The number of carbonyl (C=O) groups is 1. The summed E-state index contributed by atoms with van der Waals surface area (Å²) in [4.78, 5) is 24.5. The highest BCUT2D eigenvalue weighted by Crippen LogP contribution is 2.24. The molecule has 0 radical (unpaired) electrons. The van der Waals surface area contributed by atoms with E-state index in [-0.39, 0.29) is 22.1 Å². The molecule has 9 heteroatoms. The van der Waals surface area contributed by atoms with Crippen LogP contribution in [0.25, 0.3) is 11.0 Å². The molecule has 28 heavy (non-hydrogen) atoms. The Labute approximate surface area is 161 Å². The summed E-state index contributed by atoms with van der Waals surface area (Å²) in [6.45, 7) is 3.73. The molecule has 0 saturated carbocycles. The fourth-order valence-electron chi connectivity index (χ4n) is 2.60. The molecule has 0 aliphatic rings. The Morgan fingerprint density at radius 3 is 2.39 bits per heavy atom. The molecule has 1 amide bonds. The first-order valence-corrected chi connectivity index (χ1v) is 9.87. The first-order chi connectivity index (χ1) is 13.1. The third-order valence-corrected chi connectivity index (χ3v) is 4.70. The minimum atomic E-state index is -3.83. The highest BCUT2D eigenvalue weighted by atomic mass is 32.2. The van der Waals surface area contributed by atoms with E-state index >= 15 is 0 Å². The molecule has 0 spiro atoms. The molecule has 0 aliphatic carbocycles. The number of anilines is 1. The number of benzene rings is 2. The van der Waals surface area contributed by atoms with Gasteiger partial charge in [-0.05, 0) is 50.2 Å². The molecule has 3 rings (SSSR count). The molecule has 0 fully saturated rings. The lowest BCUT2D eigenvalue weighted by Crippen LogP contribution is -2.16. The number of nitrogens with two attached hydrogens (primary N) is 1. The summed E-state index contributed by atoms with van der Waals surface area (Å²) in [6, 6.07) is 11.3. The topological polar surface area (TPSA) is 129 Å². The van der Waals surface area contributed by atoms with Crippen LogP contribution in [0.4, 0.5) is 5.69 Å². The van der Waals surface area contributed by atoms with Crippen molar-refractivity contribution in [3.05, 3.63) is 64.5 Å². The highest BCUT2D eigenvalue weighted by Gasteiger charge is 2.15. The van der Waals surface area contributed by atoms with E-state index in [4.69, 9.17) is 14.3 Å². The zero-order valence-electron chi connectivity index (χ0n) is 15.1. The summed E-state index contributed by atoms with van der Waals surface area (Å²) in [6.07, 6.45) is -0.0593. The number of fused-ring (bicyclic) bond motifs is 1. The van der Waals surface area contributed by atoms with Gasteiger partial charge in [-0.1, -0.05) is 0 Å². The van der Waals surface area contributed by atoms with Gasteiger partial charge in [0.1, 0.15) is 11.3 Å². The van der Waals surface area contributed by atoms with E-state index in [2.05, 4.69) is 5.32 Å². The smallest absolute Gasteiger partial charge is 0.337 e. The van der Waals surface area contributed by atoms with E-state index in [0.29, 0.717) is 16.8 Å². The number of carbonyl (C=O) groups excluding carboxylic acids is 1. The molecule has 1 aromatic heterocycles. The fourth-order valence-corrected chi connectivity index (χ4v) is 3.12. The van der Waals surface area contributed by atoms with Crippen molar-refractivity contribution in [3.8, 4) is 5.75 Å². The van der Waals surface area contributed by atoms with Crippen LogP contribution in [0.3, 0.4) is 0 Å². The molecule has 146 valence electrons. The Hall–Kier alpha value is -3.17. The second kappa shape index (κ2) is 7.45. The van der Waals surface area contributed by atoms with E-state index in [9.17, 15) is 18.0 Å². The number of hydrogen-bond donors (Lipinski definition) is 2. The molecule has 0 aliphatic heterocycles. The molecule has 0 bridgehead atoms. The Morgan fingerprint density at radius 1 is 1.11 bits per heavy atom. The van der Waals surface area contributed by atoms with Crippen molar-refractivity contribution in [2.24, 2.45) is 5.14 Å². The van der Waals surface area contributed by atoms with Crippen LogP contribution >= 0.6 is 0 Å². The Morgan fingerprint density at radius 2 is 1.79 bits per heavy atom. The highest BCUT2D eigenvalue weighted by molar-refractivity contribution is 7.89. The Bertz CT molecular complexity index is 1200. The predicted molar refractivity (Wildman–Crippen MR) is 104 cm³/mol. The summed E-state index contributed by atoms with van der Waals surface area (Å²) in [5.74, 6) is -0.0272. The zero-order chi connectivity index (χ0) is 20.5. The molecule has 8 nitrogen and oxygen atoms in total. The molecular weight excluding hydrogens is 384 g/mol. The van der Waals surface area contributed by atoms with Gasteiger partial charge in [0.2, 0.25) is 10.0 Å². The maximum Gasteiger partial charge on any atom is 0.337 e. The van der Waals surface area contributed by atoms with Crippen molar-refractivity contribution in [1.82, 2.24) is 0 Å². The van der Waals surface area contributed by atoms with Crippen LogP contribution in [0.5, 0.6) is 5.75 Å². The summed E-state index contributed by atoms with van der Waals surface area (Å²) in [5.41, 5.74) is 0.0146. The average molecular weight is 402 g/mol. The molecule has 2 aromatic carbocycles. The van der Waals surface area contributed by atoms with Crippen LogP contribution in [0.2, 0.25) is 0 Å². The third-order valence-electron chi connectivity index (χ3n) is 3.77. The largest absolute Gasteiger partial charge is 0.491 e. The van der Waals surface area contributed by atoms with Gasteiger partial charge in [-0.3, -0.25) is 4.79 Å². The van der Waals surface area contributed by atoms with Gasteiger partial charge >= 0.3 is 5.63 Å². The van der Waals surface area contributed by atoms with Gasteiger partial charge in [-0.2, -0.15) is 0 Å². The van der Waals surface area contributed by atoms with Gasteiger partial charge in [0, 0.05) is 23.2 Å². The molecule has 0 saturated heterocycles. The van der Waals surface area contributed by atoms with E-state index in [1.54, 1.807) is 18.2 Å². The number of nitrogens with one attached hydrogen (secondary N) is 1. The molecule has 0 unspecified atom stereocenters. The second-order valence-electron chi connectivity index (χ2n) is 6.33. The first kappa shape index (κ1) is 19.6. The summed E-state index contributed by atoms with van der Waals surface area (Å²) in [5, 5.41) is 8.11. The Kier molecular flexibility index (Phi) is 5.21. The fraction of sp³-hybridized carbons (Fsp3) is 0.158. The second-order valence-corrected chi connectivity index (χ2v) is 7.89. The van der Waals surface area contributed by atoms with E-state index in [0.717, 1.165) is 6.07 Å². The van der Waals surface area contributed by atoms with Crippen LogP contribution in [-0.2, 0) is 10.0 Å². The van der Waals surface area contributed by atoms with Crippen LogP contribution in [-0.4, -0.2) is 20.4 Å². The third kappa shape index (κ3) is 4.38. The SMILES string of the molecule is CC(C)Oc1ccc2c(C(=O)Nc3ccc(S(N)(=O)=O)cc3)cc(=O)oc2c1. The van der Waals surface area contributed by atoms with E-state index in [1.165, 1.54) is 24.3 Å². The van der Waals surface area contributed by atoms with Gasteiger partial charge in [0.25, 0.3) is 5.91 Å². The minimum absolute atomic E-state index is 0.0593. The number of amides is 1. The van der Waals surface area contributed by atoms with Crippen LogP contribution in [0.1, 0.15) is 24.2 Å². The van der Waals surface area contributed by atoms with Gasteiger partial charge in [-0.25, -0.2) is 18.4 Å². The standard InChI is InChI=1S/C19H18N2O6S/c1-11(2)26-13-5-8-15-16(10-18(22)27-17(15)9-13)19(23)21-12-3-6-14(7-4-12)28(20,24)25/h3-11H,1-2H3,(H,21,23)(H2,20,24,25). The lowest BCUT2D eigenvalue weighted by atomic mass is 10.1. The number of primary sulfonamides is 1. The van der Waals surface area contributed by atoms with Crippen LogP contribution in [0.15, 0.2) is 62.6 Å². The van der Waals surface area contributed by atoms with E-state index < -0.39 is 21.6 Å². The van der Waals surface area contributed by atoms with E-state index in [1.807, 2.05) is 13.8 Å². The lowest BCUT2D eigenvalue weighted by Gasteiger charge is -2.11. The van der Waals surface area contributed by atoms with Crippen LogP contribution < -0.4 is 20.8 Å². The average Bonchev–Trinajstić information content (AvgIpc) is 2.59.